The Labute approximate surface area is 212 Å². The highest BCUT2D eigenvalue weighted by Gasteiger charge is 2.43. The van der Waals surface area contributed by atoms with Gasteiger partial charge in [0.15, 0.2) is 0 Å². The van der Waals surface area contributed by atoms with Gasteiger partial charge in [-0.05, 0) is 92.7 Å². The number of nitrogens with one attached hydrogen (secondary N) is 2. The highest BCUT2D eigenvalue weighted by molar-refractivity contribution is 5.93. The van der Waals surface area contributed by atoms with Crippen molar-refractivity contribution in [3.05, 3.63) is 35.4 Å². The third kappa shape index (κ3) is 9.90. The molecule has 0 bridgehead atoms. The maximum Gasteiger partial charge on any atom is 0.408 e. The molecule has 0 aliphatic heterocycles. The first-order valence-corrected chi connectivity index (χ1v) is 12.4. The maximum absolute atomic E-state index is 14.2. The zero-order valence-corrected chi connectivity index (χ0v) is 23.8. The second kappa shape index (κ2) is 11.4. The third-order valence-electron chi connectivity index (χ3n) is 5.14. The van der Waals surface area contributed by atoms with E-state index in [2.05, 4.69) is 10.6 Å². The number of alkyl carbamates (subject to hydrolysis) is 1. The summed E-state index contributed by atoms with van der Waals surface area (Å²) < 4.78 is 5.44. The van der Waals surface area contributed by atoms with Crippen LogP contribution in [0.1, 0.15) is 99.8 Å². The van der Waals surface area contributed by atoms with Gasteiger partial charge in [-0.15, -0.1) is 0 Å². The van der Waals surface area contributed by atoms with E-state index >= 15 is 0 Å². The number of hydrogen-bond donors (Lipinski definition) is 2. The zero-order chi connectivity index (χ0) is 27.4. The molecule has 0 spiro atoms. The lowest BCUT2D eigenvalue weighted by atomic mass is 9.91. The van der Waals surface area contributed by atoms with Crippen molar-refractivity contribution in [3.8, 4) is 0 Å². The molecule has 0 radical (unpaired) electrons. The second-order valence-corrected chi connectivity index (χ2v) is 12.7. The fourth-order valence-electron chi connectivity index (χ4n) is 3.88. The van der Waals surface area contributed by atoms with E-state index < -0.39 is 34.9 Å². The minimum atomic E-state index is -0.877. The van der Waals surface area contributed by atoms with Crippen molar-refractivity contribution >= 4 is 17.9 Å². The number of benzene rings is 1. The summed E-state index contributed by atoms with van der Waals surface area (Å²) in [6, 6.07) is 5.87. The predicted octanol–water partition coefficient (Wildman–Crippen LogP) is 5.52. The summed E-state index contributed by atoms with van der Waals surface area (Å²) in [5, 5.41) is 5.84. The van der Waals surface area contributed by atoms with E-state index in [0.29, 0.717) is 6.42 Å². The topological polar surface area (TPSA) is 87.7 Å². The highest BCUT2D eigenvalue weighted by Crippen LogP contribution is 2.32. The number of hydrogen-bond acceptors (Lipinski definition) is 4. The van der Waals surface area contributed by atoms with Gasteiger partial charge in [0.05, 0.1) is 0 Å². The van der Waals surface area contributed by atoms with Gasteiger partial charge in [0.25, 0.3) is 0 Å². The Hall–Kier alpha value is -2.57. The molecule has 7 heteroatoms. The molecular weight excluding hydrogens is 442 g/mol. The summed E-state index contributed by atoms with van der Waals surface area (Å²) in [7, 11) is 0. The first-order chi connectivity index (χ1) is 15.7. The first kappa shape index (κ1) is 30.5. The molecule has 0 heterocycles. The van der Waals surface area contributed by atoms with Crippen molar-refractivity contribution in [1.82, 2.24) is 15.5 Å². The van der Waals surface area contributed by atoms with E-state index in [9.17, 15) is 14.4 Å². The van der Waals surface area contributed by atoms with Gasteiger partial charge in [0, 0.05) is 11.1 Å². The summed E-state index contributed by atoms with van der Waals surface area (Å²) in [4.78, 5) is 42.2. The lowest BCUT2D eigenvalue weighted by Gasteiger charge is -2.44. The average Bonchev–Trinajstić information content (AvgIpc) is 2.61. The summed E-state index contributed by atoms with van der Waals surface area (Å²) in [6.07, 6.45) is -0.247. The number of nitrogens with zero attached hydrogens (tertiary/aromatic N) is 1. The van der Waals surface area contributed by atoms with Crippen LogP contribution in [0.2, 0.25) is 0 Å². The van der Waals surface area contributed by atoms with Crippen LogP contribution in [0.5, 0.6) is 0 Å². The van der Waals surface area contributed by atoms with Crippen molar-refractivity contribution in [2.75, 3.05) is 0 Å². The number of amides is 3. The van der Waals surface area contributed by atoms with Crippen molar-refractivity contribution < 1.29 is 19.1 Å². The Kier molecular flexibility index (Phi) is 9.96. The van der Waals surface area contributed by atoms with Crippen LogP contribution in [0, 0.1) is 12.8 Å². The van der Waals surface area contributed by atoms with Gasteiger partial charge >= 0.3 is 6.09 Å². The molecule has 0 saturated carbocycles. The van der Waals surface area contributed by atoms with Crippen LogP contribution in [-0.4, -0.2) is 45.5 Å². The normalized spacial score (nSPS) is 14.2. The van der Waals surface area contributed by atoms with Gasteiger partial charge in [-0.3, -0.25) is 9.59 Å². The van der Waals surface area contributed by atoms with Crippen LogP contribution in [0.15, 0.2) is 24.3 Å². The van der Waals surface area contributed by atoms with Crippen LogP contribution in [0.25, 0.3) is 0 Å². The van der Waals surface area contributed by atoms with Crippen LogP contribution in [0.3, 0.4) is 0 Å². The minimum absolute atomic E-state index is 0.126. The van der Waals surface area contributed by atoms with E-state index in [4.69, 9.17) is 4.74 Å². The molecule has 0 fully saturated rings. The highest BCUT2D eigenvalue weighted by atomic mass is 16.6. The molecule has 198 valence electrons. The maximum atomic E-state index is 14.2. The Morgan fingerprint density at radius 1 is 0.943 bits per heavy atom. The van der Waals surface area contributed by atoms with Gasteiger partial charge in [0.2, 0.25) is 11.8 Å². The number of carbonyl (C=O) groups excluding carboxylic acids is 3. The largest absolute Gasteiger partial charge is 0.444 e. The quantitative estimate of drug-likeness (QED) is 0.528. The summed E-state index contributed by atoms with van der Waals surface area (Å²) in [5.74, 6) is -0.467. The van der Waals surface area contributed by atoms with Gasteiger partial charge < -0.3 is 20.3 Å². The molecule has 3 amide bonds. The zero-order valence-electron chi connectivity index (χ0n) is 23.8. The number of rotatable bonds is 7. The van der Waals surface area contributed by atoms with Gasteiger partial charge in [-0.2, -0.15) is 0 Å². The van der Waals surface area contributed by atoms with Crippen LogP contribution >= 0.6 is 0 Å². The first-order valence-electron chi connectivity index (χ1n) is 12.4. The minimum Gasteiger partial charge on any atom is -0.444 e. The molecule has 7 nitrogen and oxygen atoms in total. The van der Waals surface area contributed by atoms with Crippen LogP contribution in [-0.2, 0) is 14.3 Å². The fourth-order valence-corrected chi connectivity index (χ4v) is 3.88. The van der Waals surface area contributed by atoms with E-state index in [1.807, 2.05) is 86.6 Å². The summed E-state index contributed by atoms with van der Waals surface area (Å²) in [5.41, 5.74) is -0.252. The second-order valence-electron chi connectivity index (χ2n) is 12.7. The Bertz CT molecular complexity index is 889. The third-order valence-corrected chi connectivity index (χ3v) is 5.14. The lowest BCUT2D eigenvalue weighted by Crippen LogP contribution is -2.60. The standard InChI is InChI=1S/C28H47N3O4/c1-18(2)17-21(29-25(34)35-28(10,11)12)24(33)31(27(7,8)9)22(23(32)30-26(4,5)6)20-16-14-13-15-19(20)3/h13-16,18,21-22H,17H2,1-12H3,(H,29,34)(H,30,32). The molecule has 1 aromatic rings. The molecule has 0 aliphatic rings. The summed E-state index contributed by atoms with van der Waals surface area (Å²) >= 11 is 0. The van der Waals surface area contributed by atoms with E-state index in [-0.39, 0.29) is 17.7 Å². The molecule has 35 heavy (non-hydrogen) atoms. The van der Waals surface area contributed by atoms with Crippen LogP contribution < -0.4 is 10.6 Å². The van der Waals surface area contributed by atoms with Crippen LogP contribution in [0.4, 0.5) is 4.79 Å². The summed E-state index contributed by atoms with van der Waals surface area (Å²) in [6.45, 7) is 22.7. The van der Waals surface area contributed by atoms with Crippen molar-refractivity contribution in [2.45, 2.75) is 118 Å². The van der Waals surface area contributed by atoms with Crippen molar-refractivity contribution in [3.63, 3.8) is 0 Å². The monoisotopic (exact) mass is 489 g/mol. The molecule has 0 saturated heterocycles. The number of aryl methyl sites for hydroxylation is 1. The molecule has 1 rings (SSSR count). The molecule has 0 aliphatic carbocycles. The number of ether oxygens (including phenoxy) is 1. The van der Waals surface area contributed by atoms with Crippen molar-refractivity contribution in [2.24, 2.45) is 5.92 Å². The molecular formula is C28H47N3O4. The Morgan fingerprint density at radius 2 is 1.49 bits per heavy atom. The smallest absolute Gasteiger partial charge is 0.408 e. The molecule has 1 aromatic carbocycles. The Balaban J connectivity index is 3.62. The van der Waals surface area contributed by atoms with E-state index in [1.54, 1.807) is 25.7 Å². The van der Waals surface area contributed by atoms with Crippen molar-refractivity contribution in [1.29, 1.82) is 0 Å². The van der Waals surface area contributed by atoms with E-state index in [1.165, 1.54) is 0 Å². The Morgan fingerprint density at radius 3 is 1.91 bits per heavy atom. The average molecular weight is 490 g/mol. The molecule has 2 unspecified atom stereocenters. The van der Waals surface area contributed by atoms with Gasteiger partial charge in [-0.25, -0.2) is 4.79 Å². The predicted molar refractivity (Wildman–Crippen MR) is 141 cm³/mol. The lowest BCUT2D eigenvalue weighted by molar-refractivity contribution is -0.149. The van der Waals surface area contributed by atoms with E-state index in [0.717, 1.165) is 11.1 Å². The molecule has 2 atom stereocenters. The SMILES string of the molecule is Cc1ccccc1C(C(=O)NC(C)(C)C)N(C(=O)C(CC(C)C)NC(=O)OC(C)(C)C)C(C)(C)C. The molecule has 0 aromatic heterocycles. The van der Waals surface area contributed by atoms with Gasteiger partial charge in [0.1, 0.15) is 17.7 Å². The fraction of sp³-hybridized carbons (Fsp3) is 0.679. The molecule has 2 N–H and O–H groups in total. The van der Waals surface area contributed by atoms with Gasteiger partial charge in [-0.1, -0.05) is 38.1 Å². The number of carbonyl (C=O) groups is 3.